The molecule has 0 bridgehead atoms. The van der Waals surface area contributed by atoms with Crippen molar-refractivity contribution in [1.82, 2.24) is 15.3 Å². The zero-order valence-corrected chi connectivity index (χ0v) is 16.8. The van der Waals surface area contributed by atoms with E-state index in [1.54, 1.807) is 0 Å². The van der Waals surface area contributed by atoms with Crippen LogP contribution in [0.4, 0.5) is 0 Å². The topological polar surface area (TPSA) is 81.6 Å². The Bertz CT molecular complexity index is 1240. The maximum atomic E-state index is 12.3. The van der Waals surface area contributed by atoms with Gasteiger partial charge < -0.3 is 10.3 Å². The van der Waals surface area contributed by atoms with Crippen LogP contribution in [-0.4, -0.2) is 28.2 Å². The van der Waals surface area contributed by atoms with Gasteiger partial charge in [0.1, 0.15) is 11.1 Å². The lowest BCUT2D eigenvalue weighted by Crippen LogP contribution is -2.27. The van der Waals surface area contributed by atoms with Crippen molar-refractivity contribution in [3.8, 4) is 6.07 Å². The van der Waals surface area contributed by atoms with Crippen molar-refractivity contribution in [3.63, 3.8) is 0 Å². The van der Waals surface area contributed by atoms with Gasteiger partial charge in [0.05, 0.1) is 16.8 Å². The summed E-state index contributed by atoms with van der Waals surface area (Å²) in [5.74, 6) is 0.164. The Hall–Kier alpha value is -3.30. The smallest absolute Gasteiger partial charge is 0.230 e. The van der Waals surface area contributed by atoms with Crippen LogP contribution in [0.2, 0.25) is 0 Å². The van der Waals surface area contributed by atoms with Gasteiger partial charge in [0.25, 0.3) is 0 Å². The first-order valence-corrected chi connectivity index (χ1v) is 10.4. The second-order valence-electron chi connectivity index (χ2n) is 6.90. The van der Waals surface area contributed by atoms with Crippen LogP contribution < -0.4 is 5.32 Å². The molecule has 0 fully saturated rings. The number of carbonyl (C=O) groups excluding carboxylic acids is 1. The van der Waals surface area contributed by atoms with Gasteiger partial charge in [-0.25, -0.2) is 4.98 Å². The van der Waals surface area contributed by atoms with Gasteiger partial charge >= 0.3 is 0 Å². The third-order valence-electron chi connectivity index (χ3n) is 4.79. The molecule has 4 rings (SSSR count). The average molecular weight is 401 g/mol. The maximum Gasteiger partial charge on any atom is 0.230 e. The molecule has 0 aliphatic carbocycles. The van der Waals surface area contributed by atoms with Crippen LogP contribution in [0, 0.1) is 18.3 Å². The van der Waals surface area contributed by atoms with E-state index in [2.05, 4.69) is 27.4 Å². The number of aromatic amines is 1. The molecule has 0 atom stereocenters. The van der Waals surface area contributed by atoms with E-state index in [0.29, 0.717) is 17.1 Å². The highest BCUT2D eigenvalue weighted by Gasteiger charge is 2.11. The normalized spacial score (nSPS) is 10.9. The van der Waals surface area contributed by atoms with Gasteiger partial charge in [0.15, 0.2) is 0 Å². The molecule has 4 aromatic rings. The number of pyridine rings is 1. The van der Waals surface area contributed by atoms with Gasteiger partial charge in [-0.15, -0.1) is 0 Å². The van der Waals surface area contributed by atoms with Crippen LogP contribution in [0.1, 0.15) is 16.7 Å². The second kappa shape index (κ2) is 8.38. The van der Waals surface area contributed by atoms with Crippen LogP contribution in [0.5, 0.6) is 0 Å². The number of rotatable bonds is 6. The predicted molar refractivity (Wildman–Crippen MR) is 117 cm³/mol. The summed E-state index contributed by atoms with van der Waals surface area (Å²) < 4.78 is 0. The van der Waals surface area contributed by atoms with Gasteiger partial charge in [-0.1, -0.05) is 41.6 Å². The van der Waals surface area contributed by atoms with Gasteiger partial charge in [0, 0.05) is 29.0 Å². The molecule has 0 aliphatic rings. The number of H-pyrrole nitrogens is 1. The Morgan fingerprint density at radius 3 is 2.97 bits per heavy atom. The van der Waals surface area contributed by atoms with Crippen molar-refractivity contribution in [2.45, 2.75) is 18.4 Å². The van der Waals surface area contributed by atoms with Crippen molar-refractivity contribution in [2.75, 3.05) is 12.3 Å². The van der Waals surface area contributed by atoms with Crippen LogP contribution in [0.3, 0.4) is 0 Å². The zero-order chi connectivity index (χ0) is 20.2. The van der Waals surface area contributed by atoms with E-state index in [9.17, 15) is 10.1 Å². The van der Waals surface area contributed by atoms with Gasteiger partial charge in [-0.2, -0.15) is 5.26 Å². The number of thioether (sulfide) groups is 1. The van der Waals surface area contributed by atoms with Crippen LogP contribution in [-0.2, 0) is 11.2 Å². The molecule has 0 unspecified atom stereocenters. The first kappa shape index (κ1) is 19.0. The summed E-state index contributed by atoms with van der Waals surface area (Å²) in [4.78, 5) is 20.1. The lowest BCUT2D eigenvalue weighted by atomic mass is 10.1. The van der Waals surface area contributed by atoms with E-state index in [-0.39, 0.29) is 11.7 Å². The van der Waals surface area contributed by atoms with E-state index < -0.39 is 0 Å². The quantitative estimate of drug-likeness (QED) is 0.472. The van der Waals surface area contributed by atoms with E-state index in [1.165, 1.54) is 22.7 Å². The van der Waals surface area contributed by atoms with Gasteiger partial charge in [0.2, 0.25) is 5.91 Å². The molecule has 144 valence electrons. The minimum absolute atomic E-state index is 0.0652. The van der Waals surface area contributed by atoms with Crippen molar-refractivity contribution >= 4 is 39.5 Å². The molecule has 0 radical (unpaired) electrons. The number of nitrogens with zero attached hydrogens (tertiary/aromatic N) is 2. The molecule has 2 aromatic carbocycles. The number of nitriles is 1. The van der Waals surface area contributed by atoms with Crippen LogP contribution in [0.15, 0.2) is 59.8 Å². The Labute approximate surface area is 173 Å². The zero-order valence-electron chi connectivity index (χ0n) is 16.0. The molecular formula is C23H20N4OS. The van der Waals surface area contributed by atoms with E-state index >= 15 is 0 Å². The SMILES string of the molecule is Cc1ccc2nc(SCC(=O)NCCc3c[nH]c4ccccc34)c(C#N)cc2c1. The summed E-state index contributed by atoms with van der Waals surface area (Å²) >= 11 is 1.30. The molecule has 1 amide bonds. The number of hydrogen-bond acceptors (Lipinski definition) is 4. The van der Waals surface area contributed by atoms with Gasteiger partial charge in [-0.3, -0.25) is 4.79 Å². The number of fused-ring (bicyclic) bond motifs is 2. The Morgan fingerprint density at radius 2 is 2.10 bits per heavy atom. The van der Waals surface area contributed by atoms with Gasteiger partial charge in [-0.05, 0) is 43.2 Å². The molecule has 6 heteroatoms. The van der Waals surface area contributed by atoms with Crippen molar-refractivity contribution in [3.05, 3.63) is 71.4 Å². The first-order valence-electron chi connectivity index (χ1n) is 9.40. The summed E-state index contributed by atoms with van der Waals surface area (Å²) in [6, 6.07) is 18.1. The van der Waals surface area contributed by atoms with E-state index in [0.717, 1.165) is 28.4 Å². The molecule has 29 heavy (non-hydrogen) atoms. The van der Waals surface area contributed by atoms with Crippen molar-refractivity contribution in [2.24, 2.45) is 0 Å². The number of para-hydroxylation sites is 1. The summed E-state index contributed by atoms with van der Waals surface area (Å²) in [6.45, 7) is 2.57. The van der Waals surface area contributed by atoms with E-state index in [4.69, 9.17) is 0 Å². The lowest BCUT2D eigenvalue weighted by Gasteiger charge is -2.07. The minimum atomic E-state index is -0.0652. The minimum Gasteiger partial charge on any atom is -0.361 e. The van der Waals surface area contributed by atoms with E-state index in [1.807, 2.05) is 55.6 Å². The number of aryl methyl sites for hydroxylation is 1. The van der Waals surface area contributed by atoms with Crippen molar-refractivity contribution in [1.29, 1.82) is 5.26 Å². The van der Waals surface area contributed by atoms with Crippen molar-refractivity contribution < 1.29 is 4.79 Å². The highest BCUT2D eigenvalue weighted by molar-refractivity contribution is 8.00. The standard InChI is InChI=1S/C23H20N4OS/c1-15-6-7-20-17(10-15)11-18(12-24)23(27-20)29-14-22(28)25-9-8-16-13-26-21-5-3-2-4-19(16)21/h2-7,10-11,13,26H,8-9,14H2,1H3,(H,25,28). The number of nitrogens with one attached hydrogen (secondary N) is 2. The van der Waals surface area contributed by atoms with Crippen LogP contribution >= 0.6 is 11.8 Å². The number of carbonyl (C=O) groups is 1. The Morgan fingerprint density at radius 1 is 1.24 bits per heavy atom. The monoisotopic (exact) mass is 400 g/mol. The third kappa shape index (κ3) is 4.25. The molecular weight excluding hydrogens is 380 g/mol. The fourth-order valence-corrected chi connectivity index (χ4v) is 4.12. The largest absolute Gasteiger partial charge is 0.361 e. The molecule has 2 heterocycles. The second-order valence-corrected chi connectivity index (χ2v) is 7.86. The predicted octanol–water partition coefficient (Wildman–Crippen LogP) is 4.35. The number of benzene rings is 2. The number of aromatic nitrogens is 2. The average Bonchev–Trinajstić information content (AvgIpc) is 3.14. The highest BCUT2D eigenvalue weighted by Crippen LogP contribution is 2.25. The van der Waals surface area contributed by atoms with Crippen LogP contribution in [0.25, 0.3) is 21.8 Å². The summed E-state index contributed by atoms with van der Waals surface area (Å²) in [6.07, 6.45) is 2.75. The molecule has 0 aliphatic heterocycles. The Balaban J connectivity index is 1.36. The lowest BCUT2D eigenvalue weighted by molar-refractivity contribution is -0.118. The first-order chi connectivity index (χ1) is 14.1. The molecule has 2 N–H and O–H groups in total. The molecule has 2 aromatic heterocycles. The molecule has 0 saturated heterocycles. The maximum absolute atomic E-state index is 12.3. The fraction of sp³-hybridized carbons (Fsp3) is 0.174. The fourth-order valence-electron chi connectivity index (χ4n) is 3.33. The molecule has 0 saturated carbocycles. The highest BCUT2D eigenvalue weighted by atomic mass is 32.2. The summed E-state index contributed by atoms with van der Waals surface area (Å²) in [5, 5.41) is 15.1. The summed E-state index contributed by atoms with van der Waals surface area (Å²) in [7, 11) is 0. The Kier molecular flexibility index (Phi) is 5.50. The molecule has 0 spiro atoms. The number of amides is 1. The summed E-state index contributed by atoms with van der Waals surface area (Å²) in [5.41, 5.74) is 4.74. The molecule has 5 nitrogen and oxygen atoms in total. The number of hydrogen-bond donors (Lipinski definition) is 2. The third-order valence-corrected chi connectivity index (χ3v) is 5.78.